The summed E-state index contributed by atoms with van der Waals surface area (Å²) in [6.45, 7) is 1.53. The minimum atomic E-state index is -0.289. The van der Waals surface area contributed by atoms with Crippen molar-refractivity contribution >= 4 is 11.0 Å². The van der Waals surface area contributed by atoms with Gasteiger partial charge in [0, 0.05) is 36.0 Å². The van der Waals surface area contributed by atoms with Gasteiger partial charge in [-0.3, -0.25) is 4.90 Å². The summed E-state index contributed by atoms with van der Waals surface area (Å²) in [4.78, 5) is 2.58. The summed E-state index contributed by atoms with van der Waals surface area (Å²) < 4.78 is 30.1. The van der Waals surface area contributed by atoms with Gasteiger partial charge in [-0.25, -0.2) is 4.39 Å². The molecule has 1 aromatic heterocycles. The van der Waals surface area contributed by atoms with Crippen molar-refractivity contribution in [3.8, 4) is 11.5 Å². The van der Waals surface area contributed by atoms with Gasteiger partial charge in [0.15, 0.2) is 17.1 Å². The first-order valence-electron chi connectivity index (χ1n) is 10.2. The number of halogens is 1. The first-order valence-corrected chi connectivity index (χ1v) is 10.2. The van der Waals surface area contributed by atoms with Crippen LogP contribution >= 0.6 is 0 Å². The lowest BCUT2D eigenvalue weighted by Gasteiger charge is -2.38. The summed E-state index contributed by atoms with van der Waals surface area (Å²) in [5.41, 5.74) is 1.52. The van der Waals surface area contributed by atoms with Crippen LogP contribution in [0.5, 0.6) is 11.5 Å². The van der Waals surface area contributed by atoms with Crippen molar-refractivity contribution in [2.24, 2.45) is 0 Å². The Labute approximate surface area is 169 Å². The normalized spacial score (nSPS) is 24.1. The van der Waals surface area contributed by atoms with Gasteiger partial charge in [-0.2, -0.15) is 0 Å². The molecule has 5 nitrogen and oxygen atoms in total. The van der Waals surface area contributed by atoms with Gasteiger partial charge in [0.2, 0.25) is 0 Å². The average molecular weight is 395 g/mol. The fourth-order valence-corrected chi connectivity index (χ4v) is 5.03. The SMILES string of the molecule is COc1c[c]ccc1OCCN1C2CCC1CC(c1noc3cc(F)ccc13)C2. The van der Waals surface area contributed by atoms with Crippen LogP contribution < -0.4 is 9.47 Å². The van der Waals surface area contributed by atoms with E-state index in [2.05, 4.69) is 16.1 Å². The van der Waals surface area contributed by atoms with Gasteiger partial charge in [-0.1, -0.05) is 11.2 Å². The quantitative estimate of drug-likeness (QED) is 0.612. The first-order chi connectivity index (χ1) is 14.2. The van der Waals surface area contributed by atoms with Crippen LogP contribution in [-0.2, 0) is 0 Å². The zero-order valence-corrected chi connectivity index (χ0v) is 16.4. The van der Waals surface area contributed by atoms with Crippen LogP contribution in [0.3, 0.4) is 0 Å². The molecule has 0 spiro atoms. The van der Waals surface area contributed by atoms with Crippen molar-refractivity contribution in [2.45, 2.75) is 43.7 Å². The minimum absolute atomic E-state index is 0.289. The van der Waals surface area contributed by atoms with Crippen LogP contribution in [0.15, 0.2) is 40.9 Å². The summed E-state index contributed by atoms with van der Waals surface area (Å²) in [5.74, 6) is 1.54. The van der Waals surface area contributed by atoms with Crippen LogP contribution in [0.2, 0.25) is 0 Å². The molecule has 2 aliphatic heterocycles. The molecule has 3 heterocycles. The van der Waals surface area contributed by atoms with Gasteiger partial charge in [0.05, 0.1) is 12.8 Å². The van der Waals surface area contributed by atoms with Crippen molar-refractivity contribution in [3.05, 3.63) is 54.0 Å². The highest BCUT2D eigenvalue weighted by Gasteiger charge is 2.42. The summed E-state index contributed by atoms with van der Waals surface area (Å²) in [6.07, 6.45) is 4.52. The van der Waals surface area contributed by atoms with Crippen LogP contribution in [0.25, 0.3) is 11.0 Å². The lowest BCUT2D eigenvalue weighted by atomic mass is 9.87. The molecule has 2 atom stereocenters. The van der Waals surface area contributed by atoms with E-state index in [1.165, 1.54) is 25.0 Å². The zero-order valence-electron chi connectivity index (χ0n) is 16.4. The topological polar surface area (TPSA) is 47.7 Å². The number of ether oxygens (including phenoxy) is 2. The highest BCUT2D eigenvalue weighted by molar-refractivity contribution is 5.79. The third-order valence-corrected chi connectivity index (χ3v) is 6.35. The predicted octanol–water partition coefficient (Wildman–Crippen LogP) is 4.57. The van der Waals surface area contributed by atoms with Crippen LogP contribution in [0.4, 0.5) is 4.39 Å². The lowest BCUT2D eigenvalue weighted by Crippen LogP contribution is -2.44. The maximum atomic E-state index is 13.4. The number of aromatic nitrogens is 1. The number of hydrogen-bond donors (Lipinski definition) is 0. The predicted molar refractivity (Wildman–Crippen MR) is 107 cm³/mol. The Bertz CT molecular complexity index is 991. The molecule has 0 amide bonds. The molecule has 2 fully saturated rings. The van der Waals surface area contributed by atoms with Crippen LogP contribution in [0.1, 0.15) is 37.3 Å². The Kier molecular flexibility index (Phi) is 4.87. The number of rotatable bonds is 6. The van der Waals surface area contributed by atoms with Crippen molar-refractivity contribution in [1.29, 1.82) is 0 Å². The minimum Gasteiger partial charge on any atom is -0.493 e. The van der Waals surface area contributed by atoms with E-state index in [4.69, 9.17) is 14.0 Å². The third kappa shape index (κ3) is 3.46. The summed E-state index contributed by atoms with van der Waals surface area (Å²) in [7, 11) is 1.64. The van der Waals surface area contributed by atoms with Crippen molar-refractivity contribution < 1.29 is 18.4 Å². The van der Waals surface area contributed by atoms with E-state index in [1.54, 1.807) is 19.2 Å². The summed E-state index contributed by atoms with van der Waals surface area (Å²) in [5, 5.41) is 5.25. The van der Waals surface area contributed by atoms with E-state index in [9.17, 15) is 4.39 Å². The Morgan fingerprint density at radius 2 is 2.03 bits per heavy atom. The molecule has 0 N–H and O–H groups in total. The standard InChI is InChI=1S/C23H24FN2O3/c1-27-20-4-2-3-5-21(20)28-11-10-26-17-7-8-18(26)13-15(12-17)23-19-9-6-16(24)14-22(19)29-25-23/h3-6,9,14-15,17-18H,7-8,10-13H2,1H3. The van der Waals surface area contributed by atoms with Gasteiger partial charge in [0.25, 0.3) is 0 Å². The van der Waals surface area contributed by atoms with Gasteiger partial charge in [-0.05, 0) is 56.0 Å². The molecule has 3 aromatic rings. The smallest absolute Gasteiger partial charge is 0.170 e. The number of piperidine rings is 1. The van der Waals surface area contributed by atoms with Crippen LogP contribution in [-0.4, -0.2) is 42.4 Å². The van der Waals surface area contributed by atoms with E-state index >= 15 is 0 Å². The maximum Gasteiger partial charge on any atom is 0.170 e. The van der Waals surface area contributed by atoms with E-state index in [1.807, 2.05) is 12.1 Å². The van der Waals surface area contributed by atoms with Crippen molar-refractivity contribution in [2.75, 3.05) is 20.3 Å². The Morgan fingerprint density at radius 1 is 1.21 bits per heavy atom. The number of methoxy groups -OCH3 is 1. The summed E-state index contributed by atoms with van der Waals surface area (Å²) >= 11 is 0. The molecular weight excluding hydrogens is 371 g/mol. The monoisotopic (exact) mass is 395 g/mol. The largest absolute Gasteiger partial charge is 0.493 e. The molecule has 151 valence electrons. The molecule has 2 aliphatic rings. The molecule has 1 radical (unpaired) electrons. The Morgan fingerprint density at radius 3 is 2.83 bits per heavy atom. The maximum absolute atomic E-state index is 13.4. The number of fused-ring (bicyclic) bond motifs is 3. The van der Waals surface area contributed by atoms with Gasteiger partial charge < -0.3 is 14.0 Å². The number of benzene rings is 2. The second-order valence-electron chi connectivity index (χ2n) is 7.92. The molecule has 29 heavy (non-hydrogen) atoms. The highest BCUT2D eigenvalue weighted by atomic mass is 19.1. The molecule has 2 aromatic carbocycles. The van der Waals surface area contributed by atoms with Crippen LogP contribution in [0, 0.1) is 11.9 Å². The molecule has 0 aliphatic carbocycles. The average Bonchev–Trinajstić information content (AvgIpc) is 3.25. The van der Waals surface area contributed by atoms with Crippen molar-refractivity contribution in [3.63, 3.8) is 0 Å². The second kappa shape index (κ2) is 7.67. The van der Waals surface area contributed by atoms with Gasteiger partial charge in [-0.15, -0.1) is 0 Å². The third-order valence-electron chi connectivity index (χ3n) is 6.35. The van der Waals surface area contributed by atoms with E-state index in [0.717, 1.165) is 36.2 Å². The zero-order chi connectivity index (χ0) is 19.8. The Balaban J connectivity index is 1.24. The lowest BCUT2D eigenvalue weighted by molar-refractivity contribution is 0.103. The molecular formula is C23H24FN2O3. The fraction of sp³-hybridized carbons (Fsp3) is 0.435. The number of nitrogens with zero attached hydrogens (tertiary/aromatic N) is 2. The highest BCUT2D eigenvalue weighted by Crippen LogP contribution is 2.44. The second-order valence-corrected chi connectivity index (χ2v) is 7.92. The molecule has 2 bridgehead atoms. The number of hydrogen-bond acceptors (Lipinski definition) is 5. The van der Waals surface area contributed by atoms with Crippen molar-refractivity contribution in [1.82, 2.24) is 10.1 Å². The molecule has 2 saturated heterocycles. The molecule has 5 rings (SSSR count). The molecule has 6 heteroatoms. The first kappa shape index (κ1) is 18.4. The fourth-order valence-electron chi connectivity index (χ4n) is 5.03. The van der Waals surface area contributed by atoms with E-state index in [-0.39, 0.29) is 5.82 Å². The summed E-state index contributed by atoms with van der Waals surface area (Å²) in [6, 6.07) is 14.3. The van der Waals surface area contributed by atoms with E-state index in [0.29, 0.717) is 35.9 Å². The van der Waals surface area contributed by atoms with Gasteiger partial charge >= 0.3 is 0 Å². The Hall–Kier alpha value is -2.60. The molecule has 0 saturated carbocycles. The van der Waals surface area contributed by atoms with Gasteiger partial charge in [0.1, 0.15) is 12.4 Å². The van der Waals surface area contributed by atoms with E-state index < -0.39 is 0 Å². The molecule has 2 unspecified atom stereocenters.